The molecule has 1 aromatic rings. The van der Waals surface area contributed by atoms with Gasteiger partial charge >= 0.3 is 0 Å². The normalized spacial score (nSPS) is 25.6. The van der Waals surface area contributed by atoms with Crippen molar-refractivity contribution in [3.8, 4) is 0 Å². The van der Waals surface area contributed by atoms with Crippen molar-refractivity contribution in [3.05, 3.63) is 29.3 Å². The number of hydrogen-bond acceptors (Lipinski definition) is 2. The highest BCUT2D eigenvalue weighted by atomic mass is 16.2. The Balaban J connectivity index is 0.000000693. The number of amides is 1. The van der Waals surface area contributed by atoms with E-state index < -0.39 is 0 Å². The van der Waals surface area contributed by atoms with Crippen LogP contribution in [-0.2, 0) is 11.3 Å². The largest absolute Gasteiger partial charge is 0.369 e. The molecule has 0 saturated heterocycles. The smallest absolute Gasteiger partial charge is 0.219 e. The number of anilines is 1. The molecule has 4 rings (SSSR count). The Kier molecular flexibility index (Phi) is 4.42. The molecular formula is C19H28N2O. The second kappa shape index (κ2) is 6.31. The van der Waals surface area contributed by atoms with E-state index in [-0.39, 0.29) is 5.91 Å². The summed E-state index contributed by atoms with van der Waals surface area (Å²) in [4.78, 5) is 16.3. The van der Waals surface area contributed by atoms with Crippen LogP contribution in [0, 0.1) is 5.92 Å². The molecule has 2 aliphatic heterocycles. The number of nitrogens with zero attached hydrogens (tertiary/aromatic N) is 2. The lowest BCUT2D eigenvalue weighted by Gasteiger charge is -2.38. The van der Waals surface area contributed by atoms with Gasteiger partial charge in [0.15, 0.2) is 0 Å². The lowest BCUT2D eigenvalue weighted by atomic mass is 9.82. The zero-order chi connectivity index (χ0) is 15.7. The van der Waals surface area contributed by atoms with Gasteiger partial charge in [0.1, 0.15) is 0 Å². The highest BCUT2D eigenvalue weighted by molar-refractivity contribution is 5.74. The Hall–Kier alpha value is -1.51. The molecule has 2 atom stereocenters. The molecular weight excluding hydrogens is 272 g/mol. The molecule has 1 aliphatic carbocycles. The van der Waals surface area contributed by atoms with Crippen molar-refractivity contribution < 1.29 is 4.79 Å². The molecule has 0 spiro atoms. The van der Waals surface area contributed by atoms with E-state index in [2.05, 4.69) is 23.1 Å². The second-order valence-electron chi connectivity index (χ2n) is 6.54. The number of fused-ring (bicyclic) bond motifs is 2. The average molecular weight is 300 g/mol. The summed E-state index contributed by atoms with van der Waals surface area (Å²) in [6.07, 6.45) is 4.11. The zero-order valence-electron chi connectivity index (χ0n) is 14.1. The summed E-state index contributed by atoms with van der Waals surface area (Å²) in [5.74, 6) is 1.80. The third kappa shape index (κ3) is 2.51. The number of benzene rings is 1. The van der Waals surface area contributed by atoms with E-state index >= 15 is 0 Å². The van der Waals surface area contributed by atoms with Gasteiger partial charge < -0.3 is 9.80 Å². The minimum Gasteiger partial charge on any atom is -0.369 e. The lowest BCUT2D eigenvalue weighted by molar-refractivity contribution is -0.129. The van der Waals surface area contributed by atoms with Gasteiger partial charge in [-0.2, -0.15) is 0 Å². The number of rotatable bonds is 0. The molecule has 1 saturated carbocycles. The first-order valence-corrected chi connectivity index (χ1v) is 8.86. The fourth-order valence-corrected chi connectivity index (χ4v) is 4.46. The van der Waals surface area contributed by atoms with Crippen LogP contribution in [0.15, 0.2) is 18.2 Å². The number of carbonyl (C=O) groups is 1. The molecule has 2 heterocycles. The van der Waals surface area contributed by atoms with Crippen LogP contribution in [0.2, 0.25) is 0 Å². The van der Waals surface area contributed by atoms with Gasteiger partial charge in [-0.05, 0) is 35.8 Å². The van der Waals surface area contributed by atoms with E-state index in [1.807, 2.05) is 18.7 Å². The highest BCUT2D eigenvalue weighted by Crippen LogP contribution is 2.49. The molecule has 0 radical (unpaired) electrons. The standard InChI is InChI=1S/C17H22N2O.C2H6/c1-12(20)18-8-9-19-10-13-4-2-6-15(13)16-7-3-5-14(11-18)17(16)19;1-2/h3,5,7,13,15H,2,4,6,8-11H2,1H3;1-2H3/t13-,15-;/m0./s1. The third-order valence-corrected chi connectivity index (χ3v) is 5.43. The van der Waals surface area contributed by atoms with E-state index in [1.165, 1.54) is 37.1 Å². The molecule has 0 unspecified atom stereocenters. The zero-order valence-corrected chi connectivity index (χ0v) is 14.1. The van der Waals surface area contributed by atoms with Gasteiger partial charge in [0.2, 0.25) is 5.91 Å². The summed E-state index contributed by atoms with van der Waals surface area (Å²) in [7, 11) is 0. The van der Waals surface area contributed by atoms with Crippen LogP contribution in [-0.4, -0.2) is 30.4 Å². The van der Waals surface area contributed by atoms with Crippen molar-refractivity contribution in [3.63, 3.8) is 0 Å². The fraction of sp³-hybridized carbons (Fsp3) is 0.632. The van der Waals surface area contributed by atoms with E-state index in [9.17, 15) is 4.79 Å². The average Bonchev–Trinajstić information content (AvgIpc) is 2.93. The van der Waals surface area contributed by atoms with E-state index in [1.54, 1.807) is 12.5 Å². The number of carbonyl (C=O) groups excluding carboxylic acids is 1. The van der Waals surface area contributed by atoms with Gasteiger partial charge in [-0.3, -0.25) is 4.79 Å². The minimum atomic E-state index is 0.197. The topological polar surface area (TPSA) is 23.6 Å². The molecule has 3 heteroatoms. The monoisotopic (exact) mass is 300 g/mol. The van der Waals surface area contributed by atoms with Crippen LogP contribution in [0.1, 0.15) is 57.1 Å². The maximum atomic E-state index is 11.8. The third-order valence-electron chi connectivity index (χ3n) is 5.43. The van der Waals surface area contributed by atoms with Gasteiger partial charge in [0.05, 0.1) is 0 Å². The summed E-state index contributed by atoms with van der Waals surface area (Å²) in [6, 6.07) is 6.73. The molecule has 3 aliphatic rings. The maximum Gasteiger partial charge on any atom is 0.219 e. The molecule has 0 bridgehead atoms. The molecule has 0 N–H and O–H groups in total. The van der Waals surface area contributed by atoms with Gasteiger partial charge in [0.25, 0.3) is 0 Å². The molecule has 0 aromatic heterocycles. The van der Waals surface area contributed by atoms with Crippen LogP contribution in [0.25, 0.3) is 0 Å². The van der Waals surface area contributed by atoms with Crippen LogP contribution in [0.5, 0.6) is 0 Å². The Morgan fingerprint density at radius 3 is 2.77 bits per heavy atom. The highest BCUT2D eigenvalue weighted by Gasteiger charge is 2.38. The Morgan fingerprint density at radius 1 is 1.18 bits per heavy atom. The summed E-state index contributed by atoms with van der Waals surface area (Å²) in [5, 5.41) is 0. The first kappa shape index (κ1) is 15.4. The summed E-state index contributed by atoms with van der Waals surface area (Å²) in [5.41, 5.74) is 4.36. The predicted molar refractivity (Wildman–Crippen MR) is 91.2 cm³/mol. The molecule has 120 valence electrons. The molecule has 1 amide bonds. The summed E-state index contributed by atoms with van der Waals surface area (Å²) < 4.78 is 0. The minimum absolute atomic E-state index is 0.197. The van der Waals surface area contributed by atoms with E-state index in [0.717, 1.165) is 31.5 Å². The quantitative estimate of drug-likeness (QED) is 0.728. The molecule has 3 nitrogen and oxygen atoms in total. The number of para-hydroxylation sites is 1. The van der Waals surface area contributed by atoms with Crippen LogP contribution in [0.4, 0.5) is 5.69 Å². The van der Waals surface area contributed by atoms with Gasteiger partial charge in [0, 0.05) is 38.8 Å². The first-order chi connectivity index (χ1) is 10.7. The van der Waals surface area contributed by atoms with E-state index in [0.29, 0.717) is 0 Å². The van der Waals surface area contributed by atoms with Crippen molar-refractivity contribution >= 4 is 11.6 Å². The Morgan fingerprint density at radius 2 is 2.00 bits per heavy atom. The summed E-state index contributed by atoms with van der Waals surface area (Å²) >= 11 is 0. The van der Waals surface area contributed by atoms with Crippen molar-refractivity contribution in [2.45, 2.75) is 52.5 Å². The molecule has 22 heavy (non-hydrogen) atoms. The molecule has 1 fully saturated rings. The lowest BCUT2D eigenvalue weighted by Crippen LogP contribution is -2.39. The van der Waals surface area contributed by atoms with Crippen molar-refractivity contribution in [1.82, 2.24) is 4.90 Å². The maximum absolute atomic E-state index is 11.8. The van der Waals surface area contributed by atoms with Crippen LogP contribution >= 0.6 is 0 Å². The van der Waals surface area contributed by atoms with Crippen molar-refractivity contribution in [2.24, 2.45) is 5.92 Å². The predicted octanol–water partition coefficient (Wildman–Crippen LogP) is 3.78. The van der Waals surface area contributed by atoms with Crippen LogP contribution < -0.4 is 4.90 Å². The first-order valence-electron chi connectivity index (χ1n) is 8.86. The Labute approximate surface area is 134 Å². The van der Waals surface area contributed by atoms with Gasteiger partial charge in [-0.25, -0.2) is 0 Å². The summed E-state index contributed by atoms with van der Waals surface area (Å²) in [6.45, 7) is 9.52. The Bertz CT molecular complexity index is 554. The molecule has 1 aromatic carbocycles. The van der Waals surface area contributed by atoms with Crippen LogP contribution in [0.3, 0.4) is 0 Å². The van der Waals surface area contributed by atoms with Gasteiger partial charge in [-0.1, -0.05) is 38.5 Å². The van der Waals surface area contributed by atoms with E-state index in [4.69, 9.17) is 0 Å². The second-order valence-corrected chi connectivity index (χ2v) is 6.54. The van der Waals surface area contributed by atoms with Crippen molar-refractivity contribution in [2.75, 3.05) is 24.5 Å². The SMILES string of the molecule is CC.CC(=O)N1CCN2C[C@@H]3CCC[C@@H]3c3cccc(c32)C1. The van der Waals surface area contributed by atoms with Gasteiger partial charge in [-0.15, -0.1) is 0 Å². The van der Waals surface area contributed by atoms with Crippen molar-refractivity contribution in [1.29, 1.82) is 0 Å². The number of hydrogen-bond donors (Lipinski definition) is 0. The fourth-order valence-electron chi connectivity index (χ4n) is 4.46.